The molecule has 0 radical (unpaired) electrons. The van der Waals surface area contributed by atoms with E-state index in [1.807, 2.05) is 6.07 Å². The van der Waals surface area contributed by atoms with Crippen LogP contribution in [0.2, 0.25) is 0 Å². The normalized spacial score (nSPS) is 18.8. The summed E-state index contributed by atoms with van der Waals surface area (Å²) in [4.78, 5) is 18.9. The maximum atomic E-state index is 12.8. The summed E-state index contributed by atoms with van der Waals surface area (Å²) < 4.78 is 0. The van der Waals surface area contributed by atoms with Gasteiger partial charge < -0.3 is 5.32 Å². The molecule has 0 aliphatic heterocycles. The van der Waals surface area contributed by atoms with Crippen molar-refractivity contribution < 1.29 is 4.79 Å². The molecule has 4 rings (SSSR count). The second-order valence-corrected chi connectivity index (χ2v) is 7.94. The fourth-order valence-electron chi connectivity index (χ4n) is 3.51. The number of amides is 1. The molecule has 2 aliphatic carbocycles. The molecule has 4 heteroatoms. The van der Waals surface area contributed by atoms with E-state index in [1.54, 1.807) is 11.3 Å². The first kappa shape index (κ1) is 14.9. The number of aromatic nitrogens is 1. The van der Waals surface area contributed by atoms with Crippen LogP contribution in [0.5, 0.6) is 0 Å². The highest BCUT2D eigenvalue weighted by atomic mass is 32.1. The summed E-state index contributed by atoms with van der Waals surface area (Å²) in [5.41, 5.74) is 3.24. The Hall–Kier alpha value is -1.68. The highest BCUT2D eigenvalue weighted by Gasteiger charge is 2.51. The molecule has 2 aromatic rings. The van der Waals surface area contributed by atoms with Gasteiger partial charge in [0.2, 0.25) is 5.91 Å². The molecule has 0 spiro atoms. The van der Waals surface area contributed by atoms with Crippen molar-refractivity contribution in [3.05, 3.63) is 46.0 Å². The van der Waals surface area contributed by atoms with Crippen LogP contribution in [0.15, 0.2) is 24.3 Å². The Morgan fingerprint density at radius 1 is 1.22 bits per heavy atom. The number of benzene rings is 1. The number of hydrogen-bond donors (Lipinski definition) is 1. The quantitative estimate of drug-likeness (QED) is 0.850. The number of carbonyl (C=O) groups excluding carboxylic acids is 1. The molecule has 0 bridgehead atoms. The molecule has 0 unspecified atom stereocenters. The van der Waals surface area contributed by atoms with E-state index in [-0.39, 0.29) is 11.3 Å². The van der Waals surface area contributed by atoms with E-state index in [1.165, 1.54) is 35.4 Å². The van der Waals surface area contributed by atoms with Crippen LogP contribution in [0.1, 0.15) is 53.8 Å². The predicted molar refractivity (Wildman–Crippen MR) is 94.1 cm³/mol. The van der Waals surface area contributed by atoms with E-state index >= 15 is 0 Å². The van der Waals surface area contributed by atoms with Crippen molar-refractivity contribution in [3.63, 3.8) is 0 Å². The molecule has 1 aromatic carbocycles. The molecule has 1 aromatic heterocycles. The van der Waals surface area contributed by atoms with Crippen molar-refractivity contribution in [3.8, 4) is 0 Å². The average Bonchev–Trinajstić information content (AvgIpc) is 3.30. The number of anilines is 1. The average molecular weight is 326 g/mol. The third-order valence-electron chi connectivity index (χ3n) is 5.07. The Morgan fingerprint density at radius 2 is 2.04 bits per heavy atom. The molecule has 2 aliphatic rings. The summed E-state index contributed by atoms with van der Waals surface area (Å²) >= 11 is 1.68. The van der Waals surface area contributed by atoms with Gasteiger partial charge in [-0.3, -0.25) is 4.79 Å². The standard InChI is InChI=1S/C19H22N2OS/c1-13-6-5-7-14(12-13)19(10-11-19)17(22)21-18-20-15-8-3-2-4-9-16(15)23-18/h5-7,12H,2-4,8-11H2,1H3,(H,20,21,22). The Bertz CT molecular complexity index is 722. The Balaban J connectivity index is 1.54. The number of rotatable bonds is 3. The fourth-order valence-corrected chi connectivity index (χ4v) is 4.56. The highest BCUT2D eigenvalue weighted by Crippen LogP contribution is 2.49. The van der Waals surface area contributed by atoms with Crippen LogP contribution in [0, 0.1) is 6.92 Å². The van der Waals surface area contributed by atoms with Crippen LogP contribution in [0.3, 0.4) is 0 Å². The van der Waals surface area contributed by atoms with E-state index < -0.39 is 0 Å². The Labute approximate surface area is 141 Å². The lowest BCUT2D eigenvalue weighted by atomic mass is 9.94. The maximum absolute atomic E-state index is 12.8. The monoisotopic (exact) mass is 326 g/mol. The molecule has 0 saturated heterocycles. The van der Waals surface area contributed by atoms with Crippen molar-refractivity contribution in [1.29, 1.82) is 0 Å². The third-order valence-corrected chi connectivity index (χ3v) is 6.14. The smallest absolute Gasteiger partial charge is 0.236 e. The van der Waals surface area contributed by atoms with Crippen LogP contribution >= 0.6 is 11.3 Å². The number of carbonyl (C=O) groups is 1. The van der Waals surface area contributed by atoms with Gasteiger partial charge in [-0.15, -0.1) is 11.3 Å². The third kappa shape index (κ3) is 2.80. The lowest BCUT2D eigenvalue weighted by Crippen LogP contribution is -2.27. The van der Waals surface area contributed by atoms with Gasteiger partial charge in [-0.2, -0.15) is 0 Å². The molecule has 1 amide bonds. The first-order valence-corrected chi connectivity index (χ1v) is 9.36. The van der Waals surface area contributed by atoms with E-state index in [9.17, 15) is 4.79 Å². The molecule has 120 valence electrons. The molecular weight excluding hydrogens is 304 g/mol. The van der Waals surface area contributed by atoms with Crippen molar-refractivity contribution in [2.45, 2.75) is 57.3 Å². The molecule has 1 saturated carbocycles. The number of nitrogens with zero attached hydrogens (tertiary/aromatic N) is 1. The minimum atomic E-state index is -0.324. The lowest BCUT2D eigenvalue weighted by molar-refractivity contribution is -0.118. The first-order chi connectivity index (χ1) is 11.2. The summed E-state index contributed by atoms with van der Waals surface area (Å²) in [6.07, 6.45) is 7.81. The second-order valence-electron chi connectivity index (χ2n) is 6.86. The Morgan fingerprint density at radius 3 is 2.83 bits per heavy atom. The van der Waals surface area contributed by atoms with Gasteiger partial charge in [-0.1, -0.05) is 36.2 Å². The number of nitrogens with one attached hydrogen (secondary N) is 1. The molecule has 1 heterocycles. The number of hydrogen-bond acceptors (Lipinski definition) is 3. The number of thiazole rings is 1. The largest absolute Gasteiger partial charge is 0.301 e. The topological polar surface area (TPSA) is 42.0 Å². The molecule has 1 fully saturated rings. The molecule has 3 nitrogen and oxygen atoms in total. The summed E-state index contributed by atoms with van der Waals surface area (Å²) in [5.74, 6) is 0.118. The van der Waals surface area contributed by atoms with Gasteiger partial charge in [0.05, 0.1) is 11.1 Å². The van der Waals surface area contributed by atoms with Gasteiger partial charge in [0, 0.05) is 4.88 Å². The van der Waals surface area contributed by atoms with Crippen LogP contribution in [0.25, 0.3) is 0 Å². The van der Waals surface area contributed by atoms with Crippen LogP contribution in [-0.4, -0.2) is 10.9 Å². The van der Waals surface area contributed by atoms with Gasteiger partial charge in [0.25, 0.3) is 0 Å². The zero-order chi connectivity index (χ0) is 15.9. The molecular formula is C19H22N2OS. The SMILES string of the molecule is Cc1cccc(C2(C(=O)Nc3nc4c(s3)CCCCC4)CC2)c1. The van der Waals surface area contributed by atoms with Crippen molar-refractivity contribution >= 4 is 22.4 Å². The van der Waals surface area contributed by atoms with Crippen molar-refractivity contribution in [2.24, 2.45) is 0 Å². The van der Waals surface area contributed by atoms with E-state index in [0.29, 0.717) is 0 Å². The van der Waals surface area contributed by atoms with Crippen molar-refractivity contribution in [2.75, 3.05) is 5.32 Å². The van der Waals surface area contributed by atoms with Gasteiger partial charge >= 0.3 is 0 Å². The van der Waals surface area contributed by atoms with Gasteiger partial charge in [0.15, 0.2) is 5.13 Å². The van der Waals surface area contributed by atoms with Gasteiger partial charge in [-0.25, -0.2) is 4.98 Å². The van der Waals surface area contributed by atoms with Crippen molar-refractivity contribution in [1.82, 2.24) is 4.98 Å². The summed E-state index contributed by atoms with van der Waals surface area (Å²) in [6, 6.07) is 8.35. The van der Waals surface area contributed by atoms with Crippen LogP contribution in [0.4, 0.5) is 5.13 Å². The minimum absolute atomic E-state index is 0.118. The van der Waals surface area contributed by atoms with E-state index in [2.05, 4.69) is 35.4 Å². The number of fused-ring (bicyclic) bond motifs is 1. The minimum Gasteiger partial charge on any atom is -0.301 e. The highest BCUT2D eigenvalue weighted by molar-refractivity contribution is 7.15. The molecule has 23 heavy (non-hydrogen) atoms. The first-order valence-electron chi connectivity index (χ1n) is 8.55. The summed E-state index contributed by atoms with van der Waals surface area (Å²) in [5, 5.41) is 3.90. The molecule has 0 atom stereocenters. The van der Waals surface area contributed by atoms with Crippen LogP contribution < -0.4 is 5.32 Å². The molecule has 1 N–H and O–H groups in total. The predicted octanol–water partition coefficient (Wildman–Crippen LogP) is 4.39. The fraction of sp³-hybridized carbons (Fsp3) is 0.474. The van der Waals surface area contributed by atoms with E-state index in [4.69, 9.17) is 0 Å². The summed E-state index contributed by atoms with van der Waals surface area (Å²) in [7, 11) is 0. The maximum Gasteiger partial charge on any atom is 0.236 e. The lowest BCUT2D eigenvalue weighted by Gasteiger charge is -2.15. The summed E-state index contributed by atoms with van der Waals surface area (Å²) in [6.45, 7) is 2.08. The van der Waals surface area contributed by atoms with Gasteiger partial charge in [-0.05, 0) is 51.0 Å². The Kier molecular flexibility index (Phi) is 3.72. The van der Waals surface area contributed by atoms with Crippen LogP contribution in [-0.2, 0) is 23.1 Å². The zero-order valence-corrected chi connectivity index (χ0v) is 14.3. The van der Waals surface area contributed by atoms with E-state index in [0.717, 1.165) is 36.4 Å². The second kappa shape index (κ2) is 5.75. The number of aryl methyl sites for hydroxylation is 3. The van der Waals surface area contributed by atoms with Gasteiger partial charge in [0.1, 0.15) is 0 Å². The zero-order valence-electron chi connectivity index (χ0n) is 13.5.